The lowest BCUT2D eigenvalue weighted by Gasteiger charge is -2.05. The first-order valence-electron chi connectivity index (χ1n) is 4.48. The van der Waals surface area contributed by atoms with Gasteiger partial charge in [-0.05, 0) is 26.2 Å². The van der Waals surface area contributed by atoms with E-state index < -0.39 is 0 Å². The molecule has 3 N–H and O–H groups in total. The van der Waals surface area contributed by atoms with Gasteiger partial charge in [-0.1, -0.05) is 6.58 Å². The van der Waals surface area contributed by atoms with Crippen molar-refractivity contribution in [3.63, 3.8) is 0 Å². The highest BCUT2D eigenvalue weighted by Gasteiger charge is 1.97. The Labute approximate surface area is 79.0 Å². The second-order valence-corrected chi connectivity index (χ2v) is 2.95. The molecule has 0 aromatic rings. The van der Waals surface area contributed by atoms with Crippen molar-refractivity contribution < 1.29 is 9.90 Å². The standard InChI is InChI=1S/C9H18N2O2/c1-8(2)11-9(13)10-6-4-3-5-7-12/h12H,1,3-7H2,2H3,(H2,10,11,13). The van der Waals surface area contributed by atoms with E-state index in [2.05, 4.69) is 17.2 Å². The number of amides is 2. The van der Waals surface area contributed by atoms with Gasteiger partial charge in [-0.3, -0.25) is 0 Å². The van der Waals surface area contributed by atoms with Crippen molar-refractivity contribution in [2.45, 2.75) is 26.2 Å². The van der Waals surface area contributed by atoms with Crippen molar-refractivity contribution in [3.8, 4) is 0 Å². The number of aliphatic hydroxyl groups is 1. The van der Waals surface area contributed by atoms with Crippen molar-refractivity contribution in [1.82, 2.24) is 10.6 Å². The summed E-state index contributed by atoms with van der Waals surface area (Å²) in [7, 11) is 0. The number of hydrogen-bond donors (Lipinski definition) is 3. The maximum Gasteiger partial charge on any atom is 0.318 e. The lowest BCUT2D eigenvalue weighted by molar-refractivity contribution is 0.243. The van der Waals surface area contributed by atoms with Crippen LogP contribution in [0.15, 0.2) is 12.3 Å². The molecule has 0 atom stereocenters. The summed E-state index contributed by atoms with van der Waals surface area (Å²) < 4.78 is 0. The van der Waals surface area contributed by atoms with Crippen LogP contribution in [0.25, 0.3) is 0 Å². The summed E-state index contributed by atoms with van der Waals surface area (Å²) in [4.78, 5) is 11.0. The number of aliphatic hydroxyl groups excluding tert-OH is 1. The van der Waals surface area contributed by atoms with Gasteiger partial charge in [0.25, 0.3) is 0 Å². The van der Waals surface area contributed by atoms with Crippen LogP contribution in [0, 0.1) is 0 Å². The molecule has 0 rings (SSSR count). The van der Waals surface area contributed by atoms with Gasteiger partial charge >= 0.3 is 6.03 Å². The largest absolute Gasteiger partial charge is 0.396 e. The second-order valence-electron chi connectivity index (χ2n) is 2.95. The van der Waals surface area contributed by atoms with Gasteiger partial charge in [0.05, 0.1) is 0 Å². The normalized spacial score (nSPS) is 9.38. The van der Waals surface area contributed by atoms with Crippen molar-refractivity contribution in [3.05, 3.63) is 12.3 Å². The molecule has 0 aliphatic heterocycles. The molecule has 4 heteroatoms. The van der Waals surface area contributed by atoms with E-state index in [9.17, 15) is 4.79 Å². The number of carbonyl (C=O) groups excluding carboxylic acids is 1. The second kappa shape index (κ2) is 7.61. The Kier molecular flexibility index (Phi) is 7.01. The van der Waals surface area contributed by atoms with E-state index >= 15 is 0 Å². The molecule has 0 saturated heterocycles. The van der Waals surface area contributed by atoms with Crippen molar-refractivity contribution >= 4 is 6.03 Å². The predicted octanol–water partition coefficient (Wildman–Crippen LogP) is 0.982. The van der Waals surface area contributed by atoms with Crippen LogP contribution in [0.2, 0.25) is 0 Å². The summed E-state index contributed by atoms with van der Waals surface area (Å²) in [6.07, 6.45) is 2.62. The van der Waals surface area contributed by atoms with Crippen molar-refractivity contribution in [2.24, 2.45) is 0 Å². The van der Waals surface area contributed by atoms with Crippen LogP contribution in [0.1, 0.15) is 26.2 Å². The summed E-state index contributed by atoms with van der Waals surface area (Å²) in [5.74, 6) is 0. The predicted molar refractivity (Wildman–Crippen MR) is 52.3 cm³/mol. The lowest BCUT2D eigenvalue weighted by Crippen LogP contribution is -2.34. The van der Waals surface area contributed by atoms with E-state index in [-0.39, 0.29) is 12.6 Å². The fourth-order valence-corrected chi connectivity index (χ4v) is 0.854. The quantitative estimate of drug-likeness (QED) is 0.541. The minimum Gasteiger partial charge on any atom is -0.396 e. The van der Waals surface area contributed by atoms with Gasteiger partial charge in [0.2, 0.25) is 0 Å². The molecule has 0 heterocycles. The number of hydrogen-bond acceptors (Lipinski definition) is 2. The van der Waals surface area contributed by atoms with Gasteiger partial charge in [-0.15, -0.1) is 0 Å². The monoisotopic (exact) mass is 186 g/mol. The highest BCUT2D eigenvalue weighted by atomic mass is 16.2. The molecule has 0 aliphatic rings. The minimum absolute atomic E-state index is 0.212. The van der Waals surface area contributed by atoms with Gasteiger partial charge in [0.15, 0.2) is 0 Å². The lowest BCUT2D eigenvalue weighted by atomic mass is 10.2. The Morgan fingerprint density at radius 1 is 1.38 bits per heavy atom. The molecule has 13 heavy (non-hydrogen) atoms. The van der Waals surface area contributed by atoms with Crippen LogP contribution in [0.5, 0.6) is 0 Å². The van der Waals surface area contributed by atoms with E-state index in [1.165, 1.54) is 0 Å². The zero-order valence-corrected chi connectivity index (χ0v) is 8.10. The SMILES string of the molecule is C=C(C)NC(=O)NCCCCCO. The smallest absolute Gasteiger partial charge is 0.318 e. The van der Waals surface area contributed by atoms with Gasteiger partial charge in [-0.2, -0.15) is 0 Å². The molecular weight excluding hydrogens is 168 g/mol. The summed E-state index contributed by atoms with van der Waals surface area (Å²) >= 11 is 0. The first kappa shape index (κ1) is 12.0. The van der Waals surface area contributed by atoms with Crippen LogP contribution in [-0.2, 0) is 0 Å². The topological polar surface area (TPSA) is 61.4 Å². The van der Waals surface area contributed by atoms with Crippen LogP contribution in [-0.4, -0.2) is 24.3 Å². The van der Waals surface area contributed by atoms with E-state index in [4.69, 9.17) is 5.11 Å². The van der Waals surface area contributed by atoms with Gasteiger partial charge in [0.1, 0.15) is 0 Å². The summed E-state index contributed by atoms with van der Waals surface area (Å²) in [5.41, 5.74) is 0.632. The molecule has 0 spiro atoms. The van der Waals surface area contributed by atoms with Crippen LogP contribution in [0.4, 0.5) is 4.79 Å². The van der Waals surface area contributed by atoms with E-state index in [1.807, 2.05) is 0 Å². The molecular formula is C9H18N2O2. The Bertz CT molecular complexity index is 169. The number of rotatable bonds is 6. The summed E-state index contributed by atoms with van der Waals surface area (Å²) in [6, 6.07) is -0.212. The Morgan fingerprint density at radius 3 is 2.62 bits per heavy atom. The third-order valence-corrected chi connectivity index (χ3v) is 1.45. The van der Waals surface area contributed by atoms with Crippen LogP contribution >= 0.6 is 0 Å². The third-order valence-electron chi connectivity index (χ3n) is 1.45. The maximum absolute atomic E-state index is 11.0. The Balaban J connectivity index is 3.22. The Hall–Kier alpha value is -1.03. The van der Waals surface area contributed by atoms with Gasteiger partial charge < -0.3 is 15.7 Å². The minimum atomic E-state index is -0.212. The fourth-order valence-electron chi connectivity index (χ4n) is 0.854. The number of nitrogens with one attached hydrogen (secondary N) is 2. The number of allylic oxidation sites excluding steroid dienone is 1. The fraction of sp³-hybridized carbons (Fsp3) is 0.667. The molecule has 0 aliphatic carbocycles. The molecule has 0 aromatic heterocycles. The summed E-state index contributed by atoms with van der Waals surface area (Å²) in [5, 5.41) is 13.7. The molecule has 0 unspecified atom stereocenters. The van der Waals surface area contributed by atoms with E-state index in [0.29, 0.717) is 12.2 Å². The molecule has 2 amide bonds. The van der Waals surface area contributed by atoms with E-state index in [1.54, 1.807) is 6.92 Å². The number of unbranched alkanes of at least 4 members (excludes halogenated alkanes) is 2. The molecule has 0 saturated carbocycles. The first-order chi connectivity index (χ1) is 6.16. The molecule has 0 radical (unpaired) electrons. The number of carbonyl (C=O) groups is 1. The van der Waals surface area contributed by atoms with Crippen LogP contribution < -0.4 is 10.6 Å². The molecule has 0 aromatic carbocycles. The molecule has 0 bridgehead atoms. The third kappa shape index (κ3) is 8.88. The zero-order chi connectivity index (χ0) is 10.1. The van der Waals surface area contributed by atoms with Crippen molar-refractivity contribution in [1.29, 1.82) is 0 Å². The average molecular weight is 186 g/mol. The molecule has 0 fully saturated rings. The zero-order valence-electron chi connectivity index (χ0n) is 8.10. The van der Waals surface area contributed by atoms with Crippen molar-refractivity contribution in [2.75, 3.05) is 13.2 Å². The first-order valence-corrected chi connectivity index (χ1v) is 4.48. The molecule has 4 nitrogen and oxygen atoms in total. The maximum atomic E-state index is 11.0. The Morgan fingerprint density at radius 2 is 2.08 bits per heavy atom. The highest BCUT2D eigenvalue weighted by Crippen LogP contribution is 1.91. The van der Waals surface area contributed by atoms with Gasteiger partial charge in [-0.25, -0.2) is 4.79 Å². The highest BCUT2D eigenvalue weighted by molar-refractivity contribution is 5.75. The molecule has 76 valence electrons. The van der Waals surface area contributed by atoms with Gasteiger partial charge in [0, 0.05) is 18.8 Å². The summed E-state index contributed by atoms with van der Waals surface area (Å²) in [6.45, 7) is 6.13. The van der Waals surface area contributed by atoms with Crippen LogP contribution in [0.3, 0.4) is 0 Å². The average Bonchev–Trinajstić information content (AvgIpc) is 2.02. The van der Waals surface area contributed by atoms with E-state index in [0.717, 1.165) is 19.3 Å². The number of urea groups is 1.